The maximum absolute atomic E-state index is 12.6. The maximum Gasteiger partial charge on any atom is 0.343 e. The highest BCUT2D eigenvalue weighted by Gasteiger charge is 2.20. The molecule has 0 aliphatic rings. The Hall–Kier alpha value is -2.62. The Balaban J connectivity index is 2.01. The first kappa shape index (κ1) is 21.1. The van der Waals surface area contributed by atoms with Crippen molar-refractivity contribution in [3.63, 3.8) is 0 Å². The third kappa shape index (κ3) is 5.06. The molecule has 0 spiro atoms. The summed E-state index contributed by atoms with van der Waals surface area (Å²) in [5.41, 5.74) is 2.79. The van der Waals surface area contributed by atoms with Crippen molar-refractivity contribution in [3.05, 3.63) is 99.0 Å². The highest BCUT2D eigenvalue weighted by molar-refractivity contribution is 6.31. The summed E-state index contributed by atoms with van der Waals surface area (Å²) in [6.45, 7) is 6.28. The van der Waals surface area contributed by atoms with Crippen molar-refractivity contribution in [1.29, 1.82) is 5.41 Å². The lowest BCUT2D eigenvalue weighted by atomic mass is 9.85. The molecule has 0 aliphatic heterocycles. The van der Waals surface area contributed by atoms with Gasteiger partial charge >= 0.3 is 5.97 Å². The van der Waals surface area contributed by atoms with Crippen LogP contribution in [0.3, 0.4) is 0 Å². The third-order valence-corrected chi connectivity index (χ3v) is 5.03. The molecule has 0 heterocycles. The topological polar surface area (TPSA) is 50.2 Å². The molecule has 3 rings (SSSR count). The molecule has 3 aromatic rings. The zero-order valence-electron chi connectivity index (χ0n) is 16.4. The minimum absolute atomic E-state index is 0.117. The molecule has 0 fully saturated rings. The molecular formula is C24H21Cl2NO2. The van der Waals surface area contributed by atoms with E-state index in [9.17, 15) is 4.79 Å². The van der Waals surface area contributed by atoms with Gasteiger partial charge in [0.25, 0.3) is 0 Å². The molecule has 148 valence electrons. The van der Waals surface area contributed by atoms with E-state index in [1.807, 2.05) is 12.1 Å². The average Bonchev–Trinajstić information content (AvgIpc) is 2.68. The summed E-state index contributed by atoms with van der Waals surface area (Å²) in [4.78, 5) is 12.6. The number of benzene rings is 3. The lowest BCUT2D eigenvalue weighted by Gasteiger charge is -2.21. The molecule has 0 saturated carbocycles. The van der Waals surface area contributed by atoms with Gasteiger partial charge < -0.3 is 4.74 Å². The fourth-order valence-electron chi connectivity index (χ4n) is 2.80. The van der Waals surface area contributed by atoms with E-state index >= 15 is 0 Å². The molecule has 5 heteroatoms. The smallest absolute Gasteiger partial charge is 0.343 e. The molecule has 0 amide bonds. The molecule has 0 radical (unpaired) electrons. The van der Waals surface area contributed by atoms with Gasteiger partial charge in [-0.25, -0.2) is 4.79 Å². The molecule has 3 aromatic carbocycles. The van der Waals surface area contributed by atoms with Crippen LogP contribution in [0.5, 0.6) is 5.75 Å². The quantitative estimate of drug-likeness (QED) is 0.280. The second-order valence-corrected chi connectivity index (χ2v) is 8.61. The number of esters is 1. The second-order valence-electron chi connectivity index (χ2n) is 7.74. The van der Waals surface area contributed by atoms with E-state index in [0.29, 0.717) is 32.5 Å². The highest BCUT2D eigenvalue weighted by Crippen LogP contribution is 2.30. The largest absolute Gasteiger partial charge is 0.422 e. The summed E-state index contributed by atoms with van der Waals surface area (Å²) < 4.78 is 5.66. The Kier molecular flexibility index (Phi) is 6.11. The monoisotopic (exact) mass is 425 g/mol. The van der Waals surface area contributed by atoms with Crippen molar-refractivity contribution in [2.24, 2.45) is 0 Å². The predicted octanol–water partition coefficient (Wildman–Crippen LogP) is 6.93. The van der Waals surface area contributed by atoms with E-state index in [-0.39, 0.29) is 11.1 Å². The molecule has 0 saturated heterocycles. The van der Waals surface area contributed by atoms with Crippen molar-refractivity contribution < 1.29 is 9.53 Å². The Bertz CT molecular complexity index is 1050. The van der Waals surface area contributed by atoms with Crippen LogP contribution in [0.15, 0.2) is 66.7 Å². The predicted molar refractivity (Wildman–Crippen MR) is 119 cm³/mol. The number of rotatable bonds is 4. The van der Waals surface area contributed by atoms with E-state index in [1.165, 1.54) is 0 Å². The molecule has 29 heavy (non-hydrogen) atoms. The summed E-state index contributed by atoms with van der Waals surface area (Å²) >= 11 is 11.9. The Morgan fingerprint density at radius 3 is 1.86 bits per heavy atom. The molecule has 0 aromatic heterocycles. The van der Waals surface area contributed by atoms with Crippen LogP contribution in [0.1, 0.15) is 47.8 Å². The Morgan fingerprint density at radius 1 is 0.828 bits per heavy atom. The lowest BCUT2D eigenvalue weighted by Crippen LogP contribution is -2.16. The van der Waals surface area contributed by atoms with Gasteiger partial charge in [0, 0.05) is 21.2 Å². The minimum Gasteiger partial charge on any atom is -0.422 e. The van der Waals surface area contributed by atoms with Crippen LogP contribution in [-0.4, -0.2) is 11.7 Å². The summed E-state index contributed by atoms with van der Waals surface area (Å²) in [7, 11) is 0. The molecule has 1 N–H and O–H groups in total. The number of hydrogen-bond acceptors (Lipinski definition) is 3. The van der Waals surface area contributed by atoms with Crippen molar-refractivity contribution in [1.82, 2.24) is 0 Å². The Labute approximate surface area is 180 Å². The Morgan fingerprint density at radius 2 is 1.34 bits per heavy atom. The van der Waals surface area contributed by atoms with Gasteiger partial charge in [-0.2, -0.15) is 0 Å². The minimum atomic E-state index is -0.504. The fraction of sp³-hybridized carbons (Fsp3) is 0.167. The SMILES string of the molecule is CC(C)(C)c1ccc(OC(=O)c2ccc(Cl)cc2)c(C(=N)c2ccc(Cl)cc2)c1. The van der Waals surface area contributed by atoms with Gasteiger partial charge in [-0.05, 0) is 59.5 Å². The first-order chi connectivity index (χ1) is 13.6. The van der Waals surface area contributed by atoms with Gasteiger partial charge in [0.15, 0.2) is 0 Å². The third-order valence-electron chi connectivity index (χ3n) is 4.53. The number of hydrogen-bond donors (Lipinski definition) is 1. The number of nitrogens with one attached hydrogen (secondary N) is 1. The lowest BCUT2D eigenvalue weighted by molar-refractivity contribution is 0.0734. The number of carbonyl (C=O) groups excluding carboxylic acids is 1. The summed E-state index contributed by atoms with van der Waals surface area (Å²) in [6.07, 6.45) is 0. The summed E-state index contributed by atoms with van der Waals surface area (Å²) in [6, 6.07) is 19.1. The zero-order chi connectivity index (χ0) is 21.2. The van der Waals surface area contributed by atoms with Crippen molar-refractivity contribution in [2.75, 3.05) is 0 Å². The van der Waals surface area contributed by atoms with Crippen LogP contribution >= 0.6 is 23.2 Å². The van der Waals surface area contributed by atoms with E-state index in [4.69, 9.17) is 33.3 Å². The van der Waals surface area contributed by atoms with Crippen LogP contribution in [0, 0.1) is 5.41 Å². The molecule has 0 atom stereocenters. The maximum atomic E-state index is 12.6. The standard InChI is InChI=1S/C24H21Cl2NO2/c1-24(2,3)17-8-13-21(29-23(28)16-6-11-19(26)12-7-16)20(14-17)22(27)15-4-9-18(25)10-5-15/h4-14,27H,1-3H3. The second kappa shape index (κ2) is 8.40. The van der Waals surface area contributed by atoms with E-state index in [1.54, 1.807) is 54.6 Å². The van der Waals surface area contributed by atoms with Crippen LogP contribution in [0.25, 0.3) is 0 Å². The van der Waals surface area contributed by atoms with Gasteiger partial charge in [0.1, 0.15) is 5.75 Å². The van der Waals surface area contributed by atoms with Crippen molar-refractivity contribution >= 4 is 34.9 Å². The number of carbonyl (C=O) groups is 1. The van der Waals surface area contributed by atoms with Crippen LogP contribution < -0.4 is 4.74 Å². The first-order valence-electron chi connectivity index (χ1n) is 9.12. The number of halogens is 2. The zero-order valence-corrected chi connectivity index (χ0v) is 17.9. The highest BCUT2D eigenvalue weighted by atomic mass is 35.5. The molecule has 3 nitrogen and oxygen atoms in total. The van der Waals surface area contributed by atoms with Crippen molar-refractivity contribution in [2.45, 2.75) is 26.2 Å². The number of ether oxygens (including phenoxy) is 1. The first-order valence-corrected chi connectivity index (χ1v) is 9.88. The van der Waals surface area contributed by atoms with Gasteiger partial charge in [0.05, 0.1) is 11.3 Å². The summed E-state index contributed by atoms with van der Waals surface area (Å²) in [5, 5.41) is 9.85. The van der Waals surface area contributed by atoms with Crippen LogP contribution in [0.2, 0.25) is 10.0 Å². The van der Waals surface area contributed by atoms with Gasteiger partial charge in [-0.1, -0.05) is 62.2 Å². The molecule has 0 aliphatic carbocycles. The van der Waals surface area contributed by atoms with Crippen molar-refractivity contribution in [3.8, 4) is 5.75 Å². The fourth-order valence-corrected chi connectivity index (χ4v) is 3.05. The van der Waals surface area contributed by atoms with E-state index in [0.717, 1.165) is 5.56 Å². The molecule has 0 bridgehead atoms. The van der Waals surface area contributed by atoms with Gasteiger partial charge in [0.2, 0.25) is 0 Å². The van der Waals surface area contributed by atoms with E-state index < -0.39 is 5.97 Å². The van der Waals surface area contributed by atoms with Gasteiger partial charge in [-0.3, -0.25) is 5.41 Å². The molecular weight excluding hydrogens is 405 g/mol. The van der Waals surface area contributed by atoms with E-state index in [2.05, 4.69) is 20.8 Å². The van der Waals surface area contributed by atoms with Crippen LogP contribution in [0.4, 0.5) is 0 Å². The molecule has 0 unspecified atom stereocenters. The van der Waals surface area contributed by atoms with Crippen LogP contribution in [-0.2, 0) is 5.41 Å². The summed E-state index contributed by atoms with van der Waals surface area (Å²) in [5.74, 6) is -0.173. The van der Waals surface area contributed by atoms with Gasteiger partial charge in [-0.15, -0.1) is 0 Å². The average molecular weight is 426 g/mol. The normalized spacial score (nSPS) is 11.2.